The van der Waals surface area contributed by atoms with Crippen molar-refractivity contribution in [1.29, 1.82) is 0 Å². The molecule has 0 aromatic heterocycles. The van der Waals surface area contributed by atoms with Crippen molar-refractivity contribution in [3.05, 3.63) is 65.7 Å². The number of carbonyl (C=O) groups is 1. The van der Waals surface area contributed by atoms with Gasteiger partial charge in [-0.2, -0.15) is 0 Å². The number of hydrogen-bond donors (Lipinski definition) is 0. The van der Waals surface area contributed by atoms with Crippen molar-refractivity contribution in [3.63, 3.8) is 0 Å². The molecule has 0 heterocycles. The minimum Gasteiger partial charge on any atom is -0.275 e. The molecule has 0 saturated carbocycles. The van der Waals surface area contributed by atoms with Crippen LogP contribution in [0.5, 0.6) is 0 Å². The number of hydrogen-bond acceptors (Lipinski definition) is 4. The van der Waals surface area contributed by atoms with E-state index in [2.05, 4.69) is 0 Å². The predicted molar refractivity (Wildman–Crippen MR) is 96.7 cm³/mol. The lowest BCUT2D eigenvalue weighted by molar-refractivity contribution is -0.171. The number of amides is 1. The van der Waals surface area contributed by atoms with Gasteiger partial charge in [0.1, 0.15) is 0 Å². The van der Waals surface area contributed by atoms with Crippen LogP contribution in [0.2, 0.25) is 0 Å². The summed E-state index contributed by atoms with van der Waals surface area (Å²) < 4.78 is 25.0. The summed E-state index contributed by atoms with van der Waals surface area (Å²) in [6, 6.07) is 15.6. The third kappa shape index (κ3) is 3.75. The standard InChI is InChI=1S/C19H23NO4S/c1-15-10-12-17(13-11-15)25(22,23)19(2,18(21)20(3)24-4)14-16-8-6-5-7-9-16/h5-13H,14H2,1-4H3. The zero-order chi connectivity index (χ0) is 18.7. The van der Waals surface area contributed by atoms with E-state index < -0.39 is 20.5 Å². The van der Waals surface area contributed by atoms with E-state index in [1.165, 1.54) is 33.2 Å². The fourth-order valence-corrected chi connectivity index (χ4v) is 4.39. The zero-order valence-corrected chi connectivity index (χ0v) is 15.7. The second-order valence-corrected chi connectivity index (χ2v) is 8.57. The van der Waals surface area contributed by atoms with E-state index in [-0.39, 0.29) is 11.3 Å². The fraction of sp³-hybridized carbons (Fsp3) is 0.316. The van der Waals surface area contributed by atoms with Crippen LogP contribution in [-0.2, 0) is 25.9 Å². The summed E-state index contributed by atoms with van der Waals surface area (Å²) in [7, 11) is -1.20. The van der Waals surface area contributed by atoms with Crippen molar-refractivity contribution in [2.24, 2.45) is 0 Å². The van der Waals surface area contributed by atoms with Gasteiger partial charge in [-0.3, -0.25) is 9.63 Å². The van der Waals surface area contributed by atoms with Gasteiger partial charge in [-0.1, -0.05) is 48.0 Å². The molecule has 5 nitrogen and oxygen atoms in total. The van der Waals surface area contributed by atoms with Crippen molar-refractivity contribution >= 4 is 15.7 Å². The topological polar surface area (TPSA) is 63.7 Å². The molecule has 0 aliphatic carbocycles. The molecule has 6 heteroatoms. The molecule has 1 amide bonds. The average Bonchev–Trinajstić information content (AvgIpc) is 2.61. The van der Waals surface area contributed by atoms with Gasteiger partial charge in [-0.25, -0.2) is 13.5 Å². The molecule has 134 valence electrons. The second-order valence-electron chi connectivity index (χ2n) is 6.19. The Morgan fingerprint density at radius 3 is 2.16 bits per heavy atom. The van der Waals surface area contributed by atoms with Gasteiger partial charge in [-0.15, -0.1) is 0 Å². The normalized spacial score (nSPS) is 13.9. The first-order valence-electron chi connectivity index (χ1n) is 7.90. The van der Waals surface area contributed by atoms with Gasteiger partial charge in [0.05, 0.1) is 12.0 Å². The quantitative estimate of drug-likeness (QED) is 0.742. The highest BCUT2D eigenvalue weighted by Gasteiger charge is 2.49. The third-order valence-corrected chi connectivity index (χ3v) is 6.72. The smallest absolute Gasteiger partial charge is 0.267 e. The summed E-state index contributed by atoms with van der Waals surface area (Å²) in [5, 5.41) is 0.967. The van der Waals surface area contributed by atoms with Crippen LogP contribution in [0.25, 0.3) is 0 Å². The maximum atomic E-state index is 13.3. The van der Waals surface area contributed by atoms with E-state index in [4.69, 9.17) is 4.84 Å². The highest BCUT2D eigenvalue weighted by Crippen LogP contribution is 2.31. The molecule has 2 aromatic rings. The Morgan fingerprint density at radius 1 is 1.08 bits per heavy atom. The summed E-state index contributed by atoms with van der Waals surface area (Å²) in [4.78, 5) is 18.0. The molecule has 0 aliphatic heterocycles. The van der Waals surface area contributed by atoms with E-state index in [1.807, 2.05) is 37.3 Å². The molecular weight excluding hydrogens is 338 g/mol. The van der Waals surface area contributed by atoms with Crippen LogP contribution in [0, 0.1) is 6.92 Å². The number of hydroxylamine groups is 2. The molecule has 0 N–H and O–H groups in total. The van der Waals surface area contributed by atoms with E-state index >= 15 is 0 Å². The first-order chi connectivity index (χ1) is 11.7. The summed E-state index contributed by atoms with van der Waals surface area (Å²) in [5.41, 5.74) is 1.71. The molecule has 25 heavy (non-hydrogen) atoms. The van der Waals surface area contributed by atoms with E-state index in [9.17, 15) is 13.2 Å². The van der Waals surface area contributed by atoms with Crippen LogP contribution in [0.15, 0.2) is 59.5 Å². The Kier molecular flexibility index (Phi) is 5.65. The summed E-state index contributed by atoms with van der Waals surface area (Å²) >= 11 is 0. The molecule has 1 unspecified atom stereocenters. The van der Waals surface area contributed by atoms with Crippen molar-refractivity contribution in [2.45, 2.75) is 29.9 Å². The first-order valence-corrected chi connectivity index (χ1v) is 9.38. The van der Waals surface area contributed by atoms with E-state index in [1.54, 1.807) is 12.1 Å². The number of benzene rings is 2. The molecule has 0 aliphatic rings. The molecule has 1 atom stereocenters. The summed E-state index contributed by atoms with van der Waals surface area (Å²) in [5.74, 6) is -0.612. The molecule has 0 radical (unpaired) electrons. The number of nitrogens with zero attached hydrogens (tertiary/aromatic N) is 1. The number of aryl methyl sites for hydroxylation is 1. The van der Waals surface area contributed by atoms with Gasteiger partial charge in [0, 0.05) is 13.5 Å². The van der Waals surface area contributed by atoms with Crippen LogP contribution in [0.4, 0.5) is 0 Å². The lowest BCUT2D eigenvalue weighted by Crippen LogP contribution is -2.52. The number of carbonyl (C=O) groups excluding carboxylic acids is 1. The highest BCUT2D eigenvalue weighted by molar-refractivity contribution is 7.93. The fourth-order valence-electron chi connectivity index (χ4n) is 2.66. The lowest BCUT2D eigenvalue weighted by Gasteiger charge is -2.31. The van der Waals surface area contributed by atoms with Gasteiger partial charge in [0.25, 0.3) is 5.91 Å². The third-order valence-electron chi connectivity index (χ3n) is 4.32. The van der Waals surface area contributed by atoms with Gasteiger partial charge in [-0.05, 0) is 31.5 Å². The maximum absolute atomic E-state index is 13.3. The summed E-state index contributed by atoms with van der Waals surface area (Å²) in [6.45, 7) is 3.33. The minimum atomic E-state index is -3.94. The SMILES string of the molecule is CON(C)C(=O)C(C)(Cc1ccccc1)S(=O)(=O)c1ccc(C)cc1. The Labute approximate surface area is 149 Å². The van der Waals surface area contributed by atoms with Crippen LogP contribution in [-0.4, -0.2) is 38.3 Å². The molecule has 0 saturated heterocycles. The molecule has 0 fully saturated rings. The molecule has 2 aromatic carbocycles. The van der Waals surface area contributed by atoms with Crippen LogP contribution in [0.3, 0.4) is 0 Å². The second kappa shape index (κ2) is 7.37. The molecular formula is C19H23NO4S. The van der Waals surface area contributed by atoms with Gasteiger partial charge in [0.15, 0.2) is 14.6 Å². The Hall–Kier alpha value is -2.18. The average molecular weight is 361 g/mol. The van der Waals surface area contributed by atoms with Gasteiger partial charge in [0.2, 0.25) is 0 Å². The Bertz CT molecular complexity index is 831. The van der Waals surface area contributed by atoms with Crippen LogP contribution in [0.1, 0.15) is 18.1 Å². The Morgan fingerprint density at radius 2 is 1.64 bits per heavy atom. The lowest BCUT2D eigenvalue weighted by atomic mass is 9.99. The number of sulfone groups is 1. The predicted octanol–water partition coefficient (Wildman–Crippen LogP) is 2.79. The van der Waals surface area contributed by atoms with Crippen LogP contribution >= 0.6 is 0 Å². The maximum Gasteiger partial charge on any atom is 0.267 e. The van der Waals surface area contributed by atoms with Crippen molar-refractivity contribution in [1.82, 2.24) is 5.06 Å². The minimum absolute atomic E-state index is 0.0522. The van der Waals surface area contributed by atoms with Crippen molar-refractivity contribution in [3.8, 4) is 0 Å². The largest absolute Gasteiger partial charge is 0.275 e. The molecule has 0 bridgehead atoms. The van der Waals surface area contributed by atoms with E-state index in [0.717, 1.165) is 16.2 Å². The van der Waals surface area contributed by atoms with Crippen molar-refractivity contribution < 1.29 is 18.0 Å². The molecule has 2 rings (SSSR count). The van der Waals surface area contributed by atoms with Crippen molar-refractivity contribution in [2.75, 3.05) is 14.2 Å². The number of rotatable bonds is 6. The van der Waals surface area contributed by atoms with Crippen LogP contribution < -0.4 is 0 Å². The zero-order valence-electron chi connectivity index (χ0n) is 14.9. The van der Waals surface area contributed by atoms with Gasteiger partial charge >= 0.3 is 0 Å². The van der Waals surface area contributed by atoms with Gasteiger partial charge < -0.3 is 0 Å². The molecule has 0 spiro atoms. The first kappa shape index (κ1) is 19.1. The Balaban J connectivity index is 2.57. The monoisotopic (exact) mass is 361 g/mol. The highest BCUT2D eigenvalue weighted by atomic mass is 32.2. The van der Waals surface area contributed by atoms with E-state index in [0.29, 0.717) is 0 Å². The summed E-state index contributed by atoms with van der Waals surface area (Å²) in [6.07, 6.45) is 0.0522.